The van der Waals surface area contributed by atoms with E-state index < -0.39 is 5.97 Å². The largest absolute Gasteiger partial charge is 0.467 e. The number of amides is 1. The maximum Gasteiger partial charge on any atom is 0.339 e. The summed E-state index contributed by atoms with van der Waals surface area (Å²) in [5.41, 5.74) is 2.85. The molecule has 3 aromatic heterocycles. The number of carbonyl (C=O) groups is 2. The first-order valence-electron chi connectivity index (χ1n) is 13.1. The van der Waals surface area contributed by atoms with Gasteiger partial charge in [-0.1, -0.05) is 32.4 Å². The number of methoxy groups -OCH3 is 1. The van der Waals surface area contributed by atoms with E-state index in [0.717, 1.165) is 24.8 Å². The van der Waals surface area contributed by atoms with E-state index in [9.17, 15) is 9.59 Å². The van der Waals surface area contributed by atoms with Crippen molar-refractivity contribution in [3.05, 3.63) is 86.8 Å². The molecule has 0 aliphatic heterocycles. The fraction of sp³-hybridized carbons (Fsp3) is 0.323. The Hall–Kier alpha value is -3.62. The highest BCUT2D eigenvalue weighted by molar-refractivity contribution is 7.16. The number of furan rings is 2. The van der Waals surface area contributed by atoms with E-state index in [4.69, 9.17) is 30.2 Å². The van der Waals surface area contributed by atoms with Gasteiger partial charge >= 0.3 is 5.97 Å². The fourth-order valence-corrected chi connectivity index (χ4v) is 6.41. The van der Waals surface area contributed by atoms with Gasteiger partial charge in [-0.2, -0.15) is 0 Å². The quantitative estimate of drug-likeness (QED) is 0.178. The minimum Gasteiger partial charge on any atom is -0.467 e. The summed E-state index contributed by atoms with van der Waals surface area (Å²) in [6, 6.07) is 12.3. The Labute approximate surface area is 242 Å². The molecule has 40 heavy (non-hydrogen) atoms. The number of esters is 1. The van der Waals surface area contributed by atoms with Crippen LogP contribution in [0.1, 0.15) is 69.9 Å². The SMILES string of the molecule is COC(=O)c1cc(-c2ccc(C=Nc3sc4c(c3C(=O)NCc3ccco3)CC[C@@H](C(C)(C)C)C4)o2)ccc1Cl. The number of nitrogens with zero attached hydrogens (tertiary/aromatic N) is 1. The van der Waals surface area contributed by atoms with Gasteiger partial charge in [0.2, 0.25) is 0 Å². The van der Waals surface area contributed by atoms with Gasteiger partial charge in [-0.05, 0) is 78.6 Å². The molecule has 0 saturated heterocycles. The average molecular weight is 579 g/mol. The number of halogens is 1. The predicted octanol–water partition coefficient (Wildman–Crippen LogP) is 7.87. The number of ether oxygens (including phenoxy) is 1. The molecule has 0 fully saturated rings. The molecular formula is C31H31ClN2O5S. The number of hydrogen-bond donors (Lipinski definition) is 1. The molecule has 4 aromatic rings. The van der Waals surface area contributed by atoms with Gasteiger partial charge in [-0.15, -0.1) is 11.3 Å². The summed E-state index contributed by atoms with van der Waals surface area (Å²) >= 11 is 7.73. The first kappa shape index (κ1) is 27.9. The molecule has 1 aliphatic rings. The topological polar surface area (TPSA) is 94.0 Å². The van der Waals surface area contributed by atoms with Crippen LogP contribution in [0.4, 0.5) is 5.00 Å². The van der Waals surface area contributed by atoms with Crippen molar-refractivity contribution in [3.8, 4) is 11.3 Å². The zero-order valence-electron chi connectivity index (χ0n) is 22.9. The van der Waals surface area contributed by atoms with Gasteiger partial charge in [0.1, 0.15) is 22.3 Å². The number of nitrogens with one attached hydrogen (secondary N) is 1. The Balaban J connectivity index is 1.43. The molecule has 0 saturated carbocycles. The molecular weight excluding hydrogens is 548 g/mol. The summed E-state index contributed by atoms with van der Waals surface area (Å²) in [6.07, 6.45) is 6.03. The molecule has 3 heterocycles. The van der Waals surface area contributed by atoms with E-state index in [1.54, 1.807) is 60.2 Å². The number of carbonyl (C=O) groups excluding carboxylic acids is 2. The minimum absolute atomic E-state index is 0.160. The van der Waals surface area contributed by atoms with Crippen LogP contribution in [0, 0.1) is 11.3 Å². The molecule has 208 valence electrons. The molecule has 1 N–H and O–H groups in total. The van der Waals surface area contributed by atoms with Gasteiger partial charge in [0.15, 0.2) is 0 Å². The van der Waals surface area contributed by atoms with E-state index in [0.29, 0.717) is 50.9 Å². The van der Waals surface area contributed by atoms with Crippen molar-refractivity contribution in [1.82, 2.24) is 5.32 Å². The van der Waals surface area contributed by atoms with Gasteiger partial charge in [-0.3, -0.25) is 4.79 Å². The molecule has 5 rings (SSSR count). The minimum atomic E-state index is -0.520. The lowest BCUT2D eigenvalue weighted by Gasteiger charge is -2.33. The Bertz CT molecular complexity index is 1560. The predicted molar refractivity (Wildman–Crippen MR) is 157 cm³/mol. The second-order valence-corrected chi connectivity index (χ2v) is 12.4. The summed E-state index contributed by atoms with van der Waals surface area (Å²) in [6.45, 7) is 7.13. The maximum absolute atomic E-state index is 13.4. The molecule has 0 bridgehead atoms. The molecule has 1 amide bonds. The van der Waals surface area contributed by atoms with Crippen molar-refractivity contribution >= 4 is 46.0 Å². The lowest BCUT2D eigenvalue weighted by molar-refractivity contribution is 0.0600. The Morgan fingerprint density at radius 1 is 1.23 bits per heavy atom. The van der Waals surface area contributed by atoms with E-state index in [2.05, 4.69) is 26.1 Å². The second kappa shape index (κ2) is 11.5. The Morgan fingerprint density at radius 2 is 2.05 bits per heavy atom. The Kier molecular flexibility index (Phi) is 8.01. The third-order valence-corrected chi connectivity index (χ3v) is 8.79. The lowest BCUT2D eigenvalue weighted by atomic mass is 9.72. The van der Waals surface area contributed by atoms with Crippen LogP contribution in [0.15, 0.2) is 62.6 Å². The first-order chi connectivity index (χ1) is 19.1. The van der Waals surface area contributed by atoms with Gasteiger partial charge in [0.05, 0.1) is 42.3 Å². The van der Waals surface area contributed by atoms with E-state index in [1.165, 1.54) is 12.0 Å². The van der Waals surface area contributed by atoms with Crippen LogP contribution in [0.5, 0.6) is 0 Å². The second-order valence-electron chi connectivity index (χ2n) is 10.9. The third-order valence-electron chi connectivity index (χ3n) is 7.29. The van der Waals surface area contributed by atoms with E-state index in [-0.39, 0.29) is 16.9 Å². The summed E-state index contributed by atoms with van der Waals surface area (Å²) in [7, 11) is 1.31. The highest BCUT2D eigenvalue weighted by Crippen LogP contribution is 2.45. The zero-order valence-corrected chi connectivity index (χ0v) is 24.4. The number of thiophene rings is 1. The van der Waals surface area contributed by atoms with E-state index >= 15 is 0 Å². The number of fused-ring (bicyclic) bond motifs is 1. The van der Waals surface area contributed by atoms with Crippen LogP contribution in [0.3, 0.4) is 0 Å². The zero-order chi connectivity index (χ0) is 28.4. The van der Waals surface area contributed by atoms with Crippen LogP contribution in [-0.2, 0) is 24.1 Å². The molecule has 9 heteroatoms. The van der Waals surface area contributed by atoms with Gasteiger partial charge < -0.3 is 18.9 Å². The summed E-state index contributed by atoms with van der Waals surface area (Å²) < 4.78 is 16.2. The highest BCUT2D eigenvalue weighted by Gasteiger charge is 2.33. The molecule has 1 aromatic carbocycles. The number of hydrogen-bond acceptors (Lipinski definition) is 7. The van der Waals surface area contributed by atoms with Crippen LogP contribution in [-0.4, -0.2) is 25.2 Å². The maximum atomic E-state index is 13.4. The lowest BCUT2D eigenvalue weighted by Crippen LogP contribution is -2.28. The normalized spacial score (nSPS) is 15.3. The van der Waals surface area contributed by atoms with Gasteiger partial charge in [-0.25, -0.2) is 9.79 Å². The van der Waals surface area contributed by atoms with Crippen molar-refractivity contribution in [2.24, 2.45) is 16.3 Å². The molecule has 0 spiro atoms. The molecule has 1 atom stereocenters. The Morgan fingerprint density at radius 3 is 2.77 bits per heavy atom. The number of benzene rings is 1. The van der Waals surface area contributed by atoms with Crippen LogP contribution in [0.2, 0.25) is 5.02 Å². The van der Waals surface area contributed by atoms with Crippen molar-refractivity contribution < 1.29 is 23.2 Å². The standard InChI is InChI=1S/C31H31ClN2O5S/c1-31(2,3)19-8-10-22-26(15-19)40-29(27(22)28(35)33-16-20-6-5-13-38-20)34-17-21-9-12-25(39-21)18-7-11-24(32)23(14-18)30(36)37-4/h5-7,9,11-14,17,19H,8,10,15-16H2,1-4H3,(H,33,35)/t19-/m1/s1. The van der Waals surface area contributed by atoms with Crippen molar-refractivity contribution in [2.75, 3.05) is 7.11 Å². The molecule has 7 nitrogen and oxygen atoms in total. The van der Waals surface area contributed by atoms with Crippen molar-refractivity contribution in [1.29, 1.82) is 0 Å². The van der Waals surface area contributed by atoms with E-state index in [1.807, 2.05) is 6.07 Å². The van der Waals surface area contributed by atoms with Crippen molar-refractivity contribution in [2.45, 2.75) is 46.6 Å². The summed E-state index contributed by atoms with van der Waals surface area (Å²) in [4.78, 5) is 31.4. The van der Waals surface area contributed by atoms with Crippen LogP contribution in [0.25, 0.3) is 11.3 Å². The number of aliphatic imine (C=N–C) groups is 1. The monoisotopic (exact) mass is 578 g/mol. The molecule has 1 aliphatic carbocycles. The summed E-state index contributed by atoms with van der Waals surface area (Å²) in [5.74, 6) is 1.62. The smallest absolute Gasteiger partial charge is 0.339 e. The van der Waals surface area contributed by atoms with Crippen molar-refractivity contribution in [3.63, 3.8) is 0 Å². The third kappa shape index (κ3) is 5.93. The van der Waals surface area contributed by atoms with Gasteiger partial charge in [0.25, 0.3) is 5.91 Å². The average Bonchev–Trinajstić information content (AvgIpc) is 3.69. The summed E-state index contributed by atoms with van der Waals surface area (Å²) in [5, 5.41) is 3.96. The molecule has 0 radical (unpaired) electrons. The van der Waals surface area contributed by atoms with Crippen LogP contribution >= 0.6 is 22.9 Å². The first-order valence-corrected chi connectivity index (χ1v) is 14.3. The number of rotatable bonds is 7. The molecule has 0 unspecified atom stereocenters. The van der Waals surface area contributed by atoms with Gasteiger partial charge in [0, 0.05) is 10.4 Å². The van der Waals surface area contributed by atoms with Crippen LogP contribution < -0.4 is 5.32 Å². The fourth-order valence-electron chi connectivity index (χ4n) is 4.95. The highest BCUT2D eigenvalue weighted by atomic mass is 35.5.